The minimum Gasteiger partial charge on any atom is -0.468 e. The van der Waals surface area contributed by atoms with Crippen LogP contribution in [-0.4, -0.2) is 40.8 Å². The molecular formula is C29H24N2O4. The Morgan fingerprint density at radius 1 is 0.914 bits per heavy atom. The maximum absolute atomic E-state index is 14.5. The van der Waals surface area contributed by atoms with Crippen LogP contribution in [0.2, 0.25) is 0 Å². The highest BCUT2D eigenvalue weighted by atomic mass is 16.5. The van der Waals surface area contributed by atoms with Crippen LogP contribution in [0.3, 0.4) is 0 Å². The number of ketones is 1. The first-order chi connectivity index (χ1) is 16.9. The summed E-state index contributed by atoms with van der Waals surface area (Å²) in [6.45, 7) is 4.11. The number of benzene rings is 3. The topological polar surface area (TPSA) is 66.9 Å². The van der Waals surface area contributed by atoms with Crippen molar-refractivity contribution in [1.82, 2.24) is 4.90 Å². The van der Waals surface area contributed by atoms with Crippen molar-refractivity contribution >= 4 is 23.3 Å². The monoisotopic (exact) mass is 464 g/mol. The van der Waals surface area contributed by atoms with Crippen LogP contribution in [0.5, 0.6) is 5.75 Å². The molecule has 6 nitrogen and oxygen atoms in total. The summed E-state index contributed by atoms with van der Waals surface area (Å²) in [6, 6.07) is 21.7. The second-order valence-electron chi connectivity index (χ2n) is 9.27. The van der Waals surface area contributed by atoms with Crippen LogP contribution in [-0.2, 0) is 4.79 Å². The van der Waals surface area contributed by atoms with Gasteiger partial charge < -0.3 is 9.64 Å². The molecule has 3 aliphatic rings. The third kappa shape index (κ3) is 2.86. The number of ether oxygens (including phenoxy) is 1. The van der Waals surface area contributed by atoms with Crippen LogP contribution in [0.25, 0.3) is 0 Å². The van der Waals surface area contributed by atoms with Gasteiger partial charge in [0.25, 0.3) is 11.8 Å². The molecule has 0 aliphatic carbocycles. The predicted molar refractivity (Wildman–Crippen MR) is 131 cm³/mol. The van der Waals surface area contributed by atoms with E-state index >= 15 is 0 Å². The highest BCUT2D eigenvalue weighted by molar-refractivity contribution is 6.17. The van der Waals surface area contributed by atoms with Gasteiger partial charge in [-0.3, -0.25) is 19.3 Å². The van der Waals surface area contributed by atoms with E-state index < -0.39 is 17.7 Å². The van der Waals surface area contributed by atoms with E-state index in [0.29, 0.717) is 22.6 Å². The first-order valence-corrected chi connectivity index (χ1v) is 11.7. The number of amides is 2. The van der Waals surface area contributed by atoms with Gasteiger partial charge >= 0.3 is 0 Å². The molecule has 3 aromatic rings. The predicted octanol–water partition coefficient (Wildman–Crippen LogP) is 4.32. The zero-order chi connectivity index (χ0) is 24.3. The van der Waals surface area contributed by atoms with Crippen molar-refractivity contribution in [3.63, 3.8) is 0 Å². The van der Waals surface area contributed by atoms with Gasteiger partial charge in [-0.25, -0.2) is 0 Å². The van der Waals surface area contributed by atoms with E-state index in [1.165, 1.54) is 4.90 Å². The summed E-state index contributed by atoms with van der Waals surface area (Å²) in [4.78, 5) is 45.4. The molecule has 0 bridgehead atoms. The molecule has 0 N–H and O–H groups in total. The number of carbonyl (C=O) groups excluding carboxylic acids is 3. The average Bonchev–Trinajstić information content (AvgIpc) is 3.40. The number of hydrogen-bond donors (Lipinski definition) is 0. The van der Waals surface area contributed by atoms with E-state index in [4.69, 9.17) is 4.74 Å². The van der Waals surface area contributed by atoms with Crippen molar-refractivity contribution in [2.45, 2.75) is 25.6 Å². The zero-order valence-corrected chi connectivity index (χ0v) is 19.5. The van der Waals surface area contributed by atoms with Crippen LogP contribution in [0.4, 0.5) is 5.69 Å². The second-order valence-corrected chi connectivity index (χ2v) is 9.27. The molecule has 6 heteroatoms. The van der Waals surface area contributed by atoms with Crippen molar-refractivity contribution in [3.8, 4) is 5.75 Å². The maximum Gasteiger partial charge on any atom is 0.261 e. The Hall–Kier alpha value is -4.19. The summed E-state index contributed by atoms with van der Waals surface area (Å²) >= 11 is 0. The minimum atomic E-state index is -1.48. The van der Waals surface area contributed by atoms with Gasteiger partial charge in [0.2, 0.25) is 0 Å². The van der Waals surface area contributed by atoms with Crippen LogP contribution in [0, 0.1) is 19.8 Å². The fourth-order valence-electron chi connectivity index (χ4n) is 5.77. The van der Waals surface area contributed by atoms with Crippen molar-refractivity contribution in [3.05, 3.63) is 107 Å². The number of rotatable bonds is 2. The zero-order valence-electron chi connectivity index (χ0n) is 19.5. The Kier molecular flexibility index (Phi) is 4.68. The molecule has 1 fully saturated rings. The first-order valence-electron chi connectivity index (χ1n) is 11.7. The molecule has 3 unspecified atom stereocenters. The van der Waals surface area contributed by atoms with Gasteiger partial charge in [-0.1, -0.05) is 60.7 Å². The largest absolute Gasteiger partial charge is 0.468 e. The Balaban J connectivity index is 1.57. The van der Waals surface area contributed by atoms with E-state index in [0.717, 1.165) is 11.1 Å². The van der Waals surface area contributed by atoms with Crippen molar-refractivity contribution in [1.29, 1.82) is 0 Å². The molecule has 0 aromatic heterocycles. The number of fused-ring (bicyclic) bond motifs is 3. The summed E-state index contributed by atoms with van der Waals surface area (Å²) in [5.41, 5.74) is 1.92. The first kappa shape index (κ1) is 21.4. The van der Waals surface area contributed by atoms with Crippen LogP contribution in [0.15, 0.2) is 84.9 Å². The molecule has 3 aliphatic heterocycles. The van der Waals surface area contributed by atoms with Gasteiger partial charge in [-0.15, -0.1) is 0 Å². The van der Waals surface area contributed by atoms with E-state index in [9.17, 15) is 14.4 Å². The second kappa shape index (κ2) is 7.67. The molecule has 35 heavy (non-hydrogen) atoms. The molecule has 3 atom stereocenters. The standard InChI is InChI=1S/C29H24N2O4/c1-18-10-8-11-19(2)24(18)31-27-23(25(32)21-14-6-7-15-22(21)35-27)29(28(31)34)16-9-17-30(29)26(33)20-12-4-3-5-13-20/h3-16,23,27H,17H2,1-2H3. The molecule has 0 radical (unpaired) electrons. The molecule has 1 spiro atoms. The van der Waals surface area contributed by atoms with E-state index in [1.54, 1.807) is 59.5 Å². The number of aryl methyl sites for hydroxylation is 2. The third-order valence-electron chi connectivity index (χ3n) is 7.31. The third-order valence-corrected chi connectivity index (χ3v) is 7.31. The van der Waals surface area contributed by atoms with E-state index in [-0.39, 0.29) is 24.1 Å². The van der Waals surface area contributed by atoms with Gasteiger partial charge in [0.05, 0.1) is 11.3 Å². The average molecular weight is 465 g/mol. The number of anilines is 1. The lowest BCUT2D eigenvalue weighted by Crippen LogP contribution is -2.58. The van der Waals surface area contributed by atoms with Crippen molar-refractivity contribution in [2.24, 2.45) is 5.92 Å². The molecule has 1 saturated heterocycles. The summed E-state index contributed by atoms with van der Waals surface area (Å²) in [5, 5.41) is 0. The fraction of sp³-hybridized carbons (Fsp3) is 0.207. The summed E-state index contributed by atoms with van der Waals surface area (Å²) in [5.74, 6) is -1.28. The number of carbonyl (C=O) groups is 3. The molecule has 174 valence electrons. The van der Waals surface area contributed by atoms with Gasteiger partial charge in [0, 0.05) is 12.1 Å². The van der Waals surface area contributed by atoms with Crippen LogP contribution >= 0.6 is 0 Å². The highest BCUT2D eigenvalue weighted by Crippen LogP contribution is 2.51. The van der Waals surface area contributed by atoms with E-state index in [1.807, 2.05) is 44.2 Å². The van der Waals surface area contributed by atoms with Gasteiger partial charge in [-0.2, -0.15) is 0 Å². The quantitative estimate of drug-likeness (QED) is 0.530. The van der Waals surface area contributed by atoms with Crippen molar-refractivity contribution in [2.75, 3.05) is 11.4 Å². The van der Waals surface area contributed by atoms with Crippen LogP contribution < -0.4 is 9.64 Å². The SMILES string of the molecule is Cc1cccc(C)c1N1C(=O)C2(C=CCN2C(=O)c2ccccc2)C2C(=O)c3ccccc3OC21. The summed E-state index contributed by atoms with van der Waals surface area (Å²) in [6.07, 6.45) is 2.66. The lowest BCUT2D eigenvalue weighted by Gasteiger charge is -2.38. The van der Waals surface area contributed by atoms with Gasteiger partial charge in [-0.05, 0) is 49.2 Å². The maximum atomic E-state index is 14.5. The normalized spacial score (nSPS) is 24.5. The Labute approximate surface area is 203 Å². The molecule has 3 aromatic carbocycles. The van der Waals surface area contributed by atoms with Gasteiger partial charge in [0.15, 0.2) is 17.6 Å². The molecule has 3 heterocycles. The molecular weight excluding hydrogens is 440 g/mol. The number of Topliss-reactive ketones (excluding diaryl/α,β-unsaturated/α-hetero) is 1. The molecule has 0 saturated carbocycles. The highest BCUT2D eigenvalue weighted by Gasteiger charge is 2.68. The lowest BCUT2D eigenvalue weighted by atomic mass is 9.78. The summed E-state index contributed by atoms with van der Waals surface area (Å²) < 4.78 is 6.41. The Morgan fingerprint density at radius 2 is 1.60 bits per heavy atom. The van der Waals surface area contributed by atoms with E-state index in [2.05, 4.69) is 0 Å². The Bertz CT molecular complexity index is 1390. The Morgan fingerprint density at radius 3 is 2.34 bits per heavy atom. The van der Waals surface area contributed by atoms with Crippen molar-refractivity contribution < 1.29 is 19.1 Å². The fourth-order valence-corrected chi connectivity index (χ4v) is 5.77. The van der Waals surface area contributed by atoms with Crippen LogP contribution in [0.1, 0.15) is 31.8 Å². The summed E-state index contributed by atoms with van der Waals surface area (Å²) in [7, 11) is 0. The van der Waals surface area contributed by atoms with Gasteiger partial charge in [0.1, 0.15) is 11.7 Å². The molecule has 2 amide bonds. The lowest BCUT2D eigenvalue weighted by molar-refractivity contribution is -0.124. The number of hydrogen-bond acceptors (Lipinski definition) is 4. The molecule has 6 rings (SSSR count). The smallest absolute Gasteiger partial charge is 0.261 e. The number of para-hydroxylation sites is 2. The number of nitrogens with zero attached hydrogens (tertiary/aromatic N) is 2. The minimum absolute atomic E-state index is 0.198.